The Kier molecular flexibility index (Phi) is 5.52. The molecule has 0 radical (unpaired) electrons. The molecule has 0 aromatic carbocycles. The van der Waals surface area contributed by atoms with Crippen molar-refractivity contribution >= 4 is 21.6 Å². The van der Waals surface area contributed by atoms with Crippen molar-refractivity contribution in [2.24, 2.45) is 0 Å². The summed E-state index contributed by atoms with van der Waals surface area (Å²) in [5, 5.41) is 0.282. The van der Waals surface area contributed by atoms with E-state index in [0.29, 0.717) is 6.54 Å². The third-order valence-electron chi connectivity index (χ3n) is 2.49. The van der Waals surface area contributed by atoms with Crippen LogP contribution in [0.2, 0.25) is 5.15 Å². The van der Waals surface area contributed by atoms with Crippen molar-refractivity contribution in [3.05, 3.63) is 23.5 Å². The van der Waals surface area contributed by atoms with E-state index < -0.39 is 10.0 Å². The summed E-state index contributed by atoms with van der Waals surface area (Å²) < 4.78 is 25.6. The van der Waals surface area contributed by atoms with Gasteiger partial charge in [-0.3, -0.25) is 0 Å². The summed E-state index contributed by atoms with van der Waals surface area (Å²) in [5.74, 6) is 0. The second-order valence-electron chi connectivity index (χ2n) is 4.30. The van der Waals surface area contributed by atoms with Gasteiger partial charge in [-0.15, -0.1) is 0 Å². The summed E-state index contributed by atoms with van der Waals surface area (Å²) in [4.78, 5) is 5.97. The number of aromatic nitrogens is 1. The van der Waals surface area contributed by atoms with Crippen LogP contribution in [0.4, 0.5) is 0 Å². The maximum atomic E-state index is 12.1. The smallest absolute Gasteiger partial charge is 0.244 e. The predicted molar refractivity (Wildman–Crippen MR) is 72.2 cm³/mol. The lowest BCUT2D eigenvalue weighted by molar-refractivity contribution is 0.370. The maximum Gasteiger partial charge on any atom is 0.244 e. The van der Waals surface area contributed by atoms with Gasteiger partial charge in [0.25, 0.3) is 0 Å². The van der Waals surface area contributed by atoms with E-state index in [1.807, 2.05) is 19.0 Å². The fraction of sp³-hybridized carbons (Fsp3) is 0.545. The minimum absolute atomic E-state index is 0.166. The first-order valence-corrected chi connectivity index (χ1v) is 7.38. The molecule has 0 aliphatic rings. The molecule has 1 aromatic heterocycles. The van der Waals surface area contributed by atoms with Crippen LogP contribution < -0.4 is 0 Å². The molecular weight excluding hydrogens is 274 g/mol. The molecule has 0 saturated heterocycles. The molecule has 1 rings (SSSR count). The van der Waals surface area contributed by atoms with Crippen molar-refractivity contribution in [2.75, 3.05) is 34.2 Å². The Morgan fingerprint density at radius 2 is 1.89 bits per heavy atom. The van der Waals surface area contributed by atoms with Crippen LogP contribution in [-0.4, -0.2) is 56.8 Å². The Hall–Kier alpha value is -0.690. The van der Waals surface area contributed by atoms with Gasteiger partial charge in [0.15, 0.2) is 0 Å². The zero-order chi connectivity index (χ0) is 13.8. The lowest BCUT2D eigenvalue weighted by Crippen LogP contribution is -2.30. The number of rotatable bonds is 6. The minimum Gasteiger partial charge on any atom is -0.309 e. The molecule has 0 N–H and O–H groups in total. The summed E-state index contributed by atoms with van der Waals surface area (Å²) >= 11 is 5.63. The van der Waals surface area contributed by atoms with Crippen LogP contribution in [0.1, 0.15) is 6.42 Å². The van der Waals surface area contributed by atoms with Crippen LogP contribution in [0.5, 0.6) is 0 Å². The molecule has 0 saturated carbocycles. The highest BCUT2D eigenvalue weighted by Gasteiger charge is 2.20. The second kappa shape index (κ2) is 6.47. The van der Waals surface area contributed by atoms with Gasteiger partial charge in [0.05, 0.1) is 0 Å². The Morgan fingerprint density at radius 1 is 1.22 bits per heavy atom. The van der Waals surface area contributed by atoms with E-state index in [9.17, 15) is 8.42 Å². The molecule has 0 spiro atoms. The zero-order valence-electron chi connectivity index (χ0n) is 10.8. The first kappa shape index (κ1) is 15.4. The molecule has 18 heavy (non-hydrogen) atoms. The zero-order valence-corrected chi connectivity index (χ0v) is 12.4. The molecule has 0 aliphatic carbocycles. The highest BCUT2D eigenvalue weighted by Crippen LogP contribution is 2.15. The number of pyridine rings is 1. The fourth-order valence-electron chi connectivity index (χ4n) is 1.42. The van der Waals surface area contributed by atoms with Crippen LogP contribution in [0.25, 0.3) is 0 Å². The lowest BCUT2D eigenvalue weighted by Gasteiger charge is -2.18. The summed E-state index contributed by atoms with van der Waals surface area (Å²) in [6, 6.07) is 2.94. The van der Waals surface area contributed by atoms with E-state index in [4.69, 9.17) is 11.6 Å². The molecule has 7 heteroatoms. The first-order valence-electron chi connectivity index (χ1n) is 5.56. The van der Waals surface area contributed by atoms with Gasteiger partial charge in [-0.25, -0.2) is 17.7 Å². The normalized spacial score (nSPS) is 12.3. The SMILES string of the molecule is CN(C)CCCN(C)S(=O)(=O)c1ccc(Cl)nc1. The highest BCUT2D eigenvalue weighted by molar-refractivity contribution is 7.89. The van der Waals surface area contributed by atoms with Gasteiger partial charge in [-0.05, 0) is 39.2 Å². The van der Waals surface area contributed by atoms with E-state index in [1.165, 1.54) is 22.6 Å². The number of nitrogens with zero attached hydrogens (tertiary/aromatic N) is 3. The van der Waals surface area contributed by atoms with E-state index in [1.54, 1.807) is 7.05 Å². The fourth-order valence-corrected chi connectivity index (χ4v) is 2.69. The summed E-state index contributed by atoms with van der Waals surface area (Å²) in [7, 11) is 2.02. The van der Waals surface area contributed by atoms with Crippen molar-refractivity contribution in [3.63, 3.8) is 0 Å². The van der Waals surface area contributed by atoms with Gasteiger partial charge in [-0.1, -0.05) is 11.6 Å². The van der Waals surface area contributed by atoms with E-state index in [0.717, 1.165) is 13.0 Å². The predicted octanol–water partition coefficient (Wildman–Crippen LogP) is 1.31. The van der Waals surface area contributed by atoms with E-state index in [2.05, 4.69) is 4.98 Å². The average molecular weight is 292 g/mol. The van der Waals surface area contributed by atoms with Gasteiger partial charge >= 0.3 is 0 Å². The molecule has 102 valence electrons. The molecule has 0 fully saturated rings. The van der Waals surface area contributed by atoms with Crippen LogP contribution in [0, 0.1) is 0 Å². The van der Waals surface area contributed by atoms with Gasteiger partial charge in [0.1, 0.15) is 10.0 Å². The number of sulfonamides is 1. The van der Waals surface area contributed by atoms with Gasteiger partial charge in [0.2, 0.25) is 10.0 Å². The monoisotopic (exact) mass is 291 g/mol. The molecule has 0 aliphatic heterocycles. The van der Waals surface area contributed by atoms with Crippen molar-refractivity contribution in [3.8, 4) is 0 Å². The van der Waals surface area contributed by atoms with Gasteiger partial charge in [0, 0.05) is 19.8 Å². The van der Waals surface area contributed by atoms with Crippen LogP contribution in [-0.2, 0) is 10.0 Å². The lowest BCUT2D eigenvalue weighted by atomic mass is 10.4. The molecular formula is C11H18ClN3O2S. The Morgan fingerprint density at radius 3 is 2.39 bits per heavy atom. The molecule has 0 bridgehead atoms. The molecule has 5 nitrogen and oxygen atoms in total. The van der Waals surface area contributed by atoms with Crippen molar-refractivity contribution in [2.45, 2.75) is 11.3 Å². The molecule has 0 unspecified atom stereocenters. The molecule has 1 heterocycles. The standard InChI is InChI=1S/C11H18ClN3O2S/c1-14(2)7-4-8-15(3)18(16,17)10-5-6-11(12)13-9-10/h5-6,9H,4,7-8H2,1-3H3. The van der Waals surface area contributed by atoms with Gasteiger partial charge in [-0.2, -0.15) is 0 Å². The van der Waals surface area contributed by atoms with E-state index >= 15 is 0 Å². The number of hydrogen-bond acceptors (Lipinski definition) is 4. The molecule has 1 aromatic rings. The summed E-state index contributed by atoms with van der Waals surface area (Å²) in [6.45, 7) is 1.32. The summed E-state index contributed by atoms with van der Waals surface area (Å²) in [6.07, 6.45) is 2.06. The van der Waals surface area contributed by atoms with Crippen molar-refractivity contribution < 1.29 is 8.42 Å². The third-order valence-corrected chi connectivity index (χ3v) is 4.55. The topological polar surface area (TPSA) is 53.5 Å². The minimum atomic E-state index is -3.46. The van der Waals surface area contributed by atoms with Crippen molar-refractivity contribution in [1.29, 1.82) is 0 Å². The Balaban J connectivity index is 2.71. The van der Waals surface area contributed by atoms with Crippen LogP contribution in [0.15, 0.2) is 23.2 Å². The number of hydrogen-bond donors (Lipinski definition) is 0. The quantitative estimate of drug-likeness (QED) is 0.742. The number of halogens is 1. The second-order valence-corrected chi connectivity index (χ2v) is 6.73. The van der Waals surface area contributed by atoms with Gasteiger partial charge < -0.3 is 4.90 Å². The third kappa shape index (κ3) is 4.20. The van der Waals surface area contributed by atoms with Crippen LogP contribution >= 0.6 is 11.6 Å². The summed E-state index contributed by atoms with van der Waals surface area (Å²) in [5.41, 5.74) is 0. The average Bonchev–Trinajstić information content (AvgIpc) is 2.28. The molecule has 0 amide bonds. The van der Waals surface area contributed by atoms with Crippen LogP contribution in [0.3, 0.4) is 0 Å². The van der Waals surface area contributed by atoms with Crippen molar-refractivity contribution in [1.82, 2.24) is 14.2 Å². The largest absolute Gasteiger partial charge is 0.309 e. The molecule has 0 atom stereocenters. The first-order chi connectivity index (χ1) is 8.34. The Bertz CT molecular complexity index is 474. The highest BCUT2D eigenvalue weighted by atomic mass is 35.5. The maximum absolute atomic E-state index is 12.1. The Labute approximate surface area is 113 Å². The van der Waals surface area contributed by atoms with E-state index in [-0.39, 0.29) is 10.0 Å².